The highest BCUT2D eigenvalue weighted by molar-refractivity contribution is 5.93. The molecule has 2 amide bonds. The van der Waals surface area contributed by atoms with Crippen molar-refractivity contribution < 1.29 is 9.59 Å². The second-order valence-corrected chi connectivity index (χ2v) is 4.88. The van der Waals surface area contributed by atoms with Crippen molar-refractivity contribution in [2.45, 2.75) is 13.1 Å². The van der Waals surface area contributed by atoms with E-state index in [4.69, 9.17) is 5.73 Å². The first kappa shape index (κ1) is 15.3. The van der Waals surface area contributed by atoms with Crippen molar-refractivity contribution in [3.8, 4) is 0 Å². The number of nitrogens with one attached hydrogen (secondary N) is 2. The highest BCUT2D eigenvalue weighted by Gasteiger charge is 2.20. The lowest BCUT2D eigenvalue weighted by molar-refractivity contribution is 0.0714. The van der Waals surface area contributed by atoms with Crippen LogP contribution in [0.2, 0.25) is 0 Å². The number of primary amides is 1. The number of hydrogen-bond acceptors (Lipinski definition) is 6. The van der Waals surface area contributed by atoms with Crippen molar-refractivity contribution in [1.82, 2.24) is 34.8 Å². The summed E-state index contributed by atoms with van der Waals surface area (Å²) in [5.41, 5.74) is 5.21. The fourth-order valence-corrected chi connectivity index (χ4v) is 2.06. The number of H-pyrrole nitrogens is 2. The zero-order valence-corrected chi connectivity index (χ0v) is 12.5. The summed E-state index contributed by atoms with van der Waals surface area (Å²) < 4.78 is 0. The molecule has 122 valence electrons. The number of nitrogens with zero attached hydrogens (tertiary/aromatic N) is 5. The Balaban J connectivity index is 1.82. The van der Waals surface area contributed by atoms with E-state index in [1.54, 1.807) is 24.8 Å². The number of carbonyl (C=O) groups is 2. The third kappa shape index (κ3) is 3.43. The van der Waals surface area contributed by atoms with Crippen molar-refractivity contribution in [3.05, 3.63) is 60.2 Å². The summed E-state index contributed by atoms with van der Waals surface area (Å²) in [5.74, 6) is 0.170. The van der Waals surface area contributed by atoms with Crippen LogP contribution in [0.25, 0.3) is 0 Å². The zero-order chi connectivity index (χ0) is 16.9. The maximum absolute atomic E-state index is 12.7. The molecule has 0 aliphatic heterocycles. The molecule has 3 aromatic rings. The van der Waals surface area contributed by atoms with Gasteiger partial charge in [-0.05, 0) is 0 Å². The predicted octanol–water partition coefficient (Wildman–Crippen LogP) is -0.136. The van der Waals surface area contributed by atoms with Gasteiger partial charge in [0, 0.05) is 24.8 Å². The largest absolute Gasteiger partial charge is 0.364 e. The highest BCUT2D eigenvalue weighted by Crippen LogP contribution is 2.09. The Bertz CT molecular complexity index is 775. The van der Waals surface area contributed by atoms with Gasteiger partial charge in [-0.25, -0.2) is 19.9 Å². The van der Waals surface area contributed by atoms with Crippen LogP contribution in [0, 0.1) is 0 Å². The topological polar surface area (TPSA) is 147 Å². The van der Waals surface area contributed by atoms with Crippen LogP contribution >= 0.6 is 0 Å². The Hall–Kier alpha value is -3.56. The Labute approximate surface area is 136 Å². The van der Waals surface area contributed by atoms with Gasteiger partial charge in [0.15, 0.2) is 0 Å². The van der Waals surface area contributed by atoms with Gasteiger partial charge in [0.05, 0.1) is 25.5 Å². The van der Waals surface area contributed by atoms with Gasteiger partial charge >= 0.3 is 0 Å². The number of aromatic amines is 2. The molecule has 0 aromatic carbocycles. The predicted molar refractivity (Wildman–Crippen MR) is 81.3 cm³/mol. The normalized spacial score (nSPS) is 10.5. The van der Waals surface area contributed by atoms with Crippen LogP contribution in [-0.2, 0) is 13.1 Å². The third-order valence-electron chi connectivity index (χ3n) is 3.20. The van der Waals surface area contributed by atoms with Gasteiger partial charge < -0.3 is 20.6 Å². The number of rotatable bonds is 6. The summed E-state index contributed by atoms with van der Waals surface area (Å²) in [7, 11) is 0. The quantitative estimate of drug-likeness (QED) is 0.574. The molecule has 0 aliphatic rings. The molecule has 0 bridgehead atoms. The molecular formula is C14H14N8O2. The van der Waals surface area contributed by atoms with Gasteiger partial charge in [-0.3, -0.25) is 9.59 Å². The van der Waals surface area contributed by atoms with E-state index in [9.17, 15) is 9.59 Å². The molecule has 24 heavy (non-hydrogen) atoms. The van der Waals surface area contributed by atoms with E-state index in [1.807, 2.05) is 0 Å². The average Bonchev–Trinajstić information content (AvgIpc) is 3.27. The molecular weight excluding hydrogens is 312 g/mol. The Morgan fingerprint density at radius 3 is 1.88 bits per heavy atom. The Kier molecular flexibility index (Phi) is 4.27. The Morgan fingerprint density at radius 2 is 1.46 bits per heavy atom. The average molecular weight is 326 g/mol. The molecule has 0 saturated heterocycles. The number of amides is 2. The van der Waals surface area contributed by atoms with Crippen LogP contribution in [0.15, 0.2) is 37.2 Å². The third-order valence-corrected chi connectivity index (χ3v) is 3.20. The molecule has 3 rings (SSSR count). The van der Waals surface area contributed by atoms with Crippen LogP contribution in [0.1, 0.15) is 32.6 Å². The monoisotopic (exact) mass is 326 g/mol. The van der Waals surface area contributed by atoms with E-state index in [0.717, 1.165) is 0 Å². The maximum Gasteiger partial charge on any atom is 0.274 e. The number of hydrogen-bond donors (Lipinski definition) is 3. The summed E-state index contributed by atoms with van der Waals surface area (Å²) in [4.78, 5) is 47.2. The first-order valence-corrected chi connectivity index (χ1v) is 7.01. The fraction of sp³-hybridized carbons (Fsp3) is 0.143. The van der Waals surface area contributed by atoms with Gasteiger partial charge in [0.25, 0.3) is 11.8 Å². The molecule has 0 radical (unpaired) electrons. The summed E-state index contributed by atoms with van der Waals surface area (Å²) in [6.45, 7) is 0.484. The number of aromatic nitrogens is 6. The maximum atomic E-state index is 12.7. The lowest BCUT2D eigenvalue weighted by atomic mass is 10.3. The summed E-state index contributed by atoms with van der Waals surface area (Å²) in [5, 5.41) is 0. The van der Waals surface area contributed by atoms with Crippen molar-refractivity contribution in [3.63, 3.8) is 0 Å². The minimum atomic E-state index is -0.704. The molecule has 10 heteroatoms. The van der Waals surface area contributed by atoms with Gasteiger partial charge in [-0.1, -0.05) is 0 Å². The van der Waals surface area contributed by atoms with E-state index in [-0.39, 0.29) is 30.4 Å². The lowest BCUT2D eigenvalue weighted by Gasteiger charge is -2.20. The lowest BCUT2D eigenvalue weighted by Crippen LogP contribution is -2.32. The molecule has 0 atom stereocenters. The van der Waals surface area contributed by atoms with E-state index in [1.165, 1.54) is 17.3 Å². The van der Waals surface area contributed by atoms with Crippen LogP contribution in [-0.4, -0.2) is 46.6 Å². The van der Waals surface area contributed by atoms with Crippen LogP contribution < -0.4 is 5.73 Å². The minimum absolute atomic E-state index is 0.00447. The smallest absolute Gasteiger partial charge is 0.274 e. The van der Waals surface area contributed by atoms with Crippen molar-refractivity contribution in [1.29, 1.82) is 0 Å². The van der Waals surface area contributed by atoms with E-state index < -0.39 is 5.91 Å². The molecule has 0 fully saturated rings. The number of carbonyl (C=O) groups excluding carboxylic acids is 2. The van der Waals surface area contributed by atoms with Crippen molar-refractivity contribution >= 4 is 11.8 Å². The summed E-state index contributed by atoms with van der Waals surface area (Å²) in [6, 6.07) is 0. The molecule has 0 saturated carbocycles. The van der Waals surface area contributed by atoms with Gasteiger partial charge in [-0.2, -0.15) is 0 Å². The van der Waals surface area contributed by atoms with Crippen LogP contribution in [0.3, 0.4) is 0 Å². The van der Waals surface area contributed by atoms with Gasteiger partial charge in [0.1, 0.15) is 23.0 Å². The van der Waals surface area contributed by atoms with Crippen LogP contribution in [0.5, 0.6) is 0 Å². The first-order chi connectivity index (χ1) is 11.6. The summed E-state index contributed by atoms with van der Waals surface area (Å²) in [6.07, 6.45) is 8.95. The molecule has 0 spiro atoms. The van der Waals surface area contributed by atoms with Gasteiger partial charge in [-0.15, -0.1) is 0 Å². The van der Waals surface area contributed by atoms with Crippen molar-refractivity contribution in [2.75, 3.05) is 0 Å². The van der Waals surface area contributed by atoms with Crippen molar-refractivity contribution in [2.24, 2.45) is 5.73 Å². The number of imidazole rings is 2. The fourth-order valence-electron chi connectivity index (χ4n) is 2.06. The molecule has 0 unspecified atom stereocenters. The van der Waals surface area contributed by atoms with E-state index >= 15 is 0 Å². The second-order valence-electron chi connectivity index (χ2n) is 4.88. The number of nitrogens with two attached hydrogens (primary N) is 1. The zero-order valence-electron chi connectivity index (χ0n) is 12.5. The van der Waals surface area contributed by atoms with E-state index in [2.05, 4.69) is 29.9 Å². The standard InChI is InChI=1S/C14H14N8O2/c15-13(23)9-5-21-10(6-20-9)14(24)22(7-11-16-1-2-17-11)8-12-18-3-4-19-12/h1-6H,7-8H2,(H2,15,23)(H,16,17)(H,18,19). The van der Waals surface area contributed by atoms with E-state index in [0.29, 0.717) is 11.6 Å². The molecule has 3 aromatic heterocycles. The Morgan fingerprint density at radius 1 is 0.917 bits per heavy atom. The molecule has 0 aliphatic carbocycles. The first-order valence-electron chi connectivity index (χ1n) is 7.01. The minimum Gasteiger partial charge on any atom is -0.364 e. The SMILES string of the molecule is NC(=O)c1cnc(C(=O)N(Cc2ncc[nH]2)Cc2ncc[nH]2)cn1. The van der Waals surface area contributed by atoms with Crippen LogP contribution in [0.4, 0.5) is 0 Å². The second kappa shape index (κ2) is 6.69. The van der Waals surface area contributed by atoms with Gasteiger partial charge in [0.2, 0.25) is 0 Å². The molecule has 3 heterocycles. The molecule has 10 nitrogen and oxygen atoms in total. The summed E-state index contributed by atoms with van der Waals surface area (Å²) >= 11 is 0. The highest BCUT2D eigenvalue weighted by atomic mass is 16.2. The molecule has 4 N–H and O–H groups in total.